The van der Waals surface area contributed by atoms with Crippen molar-refractivity contribution in [2.45, 2.75) is 45.3 Å². The van der Waals surface area contributed by atoms with Crippen molar-refractivity contribution in [2.24, 2.45) is 5.73 Å². The summed E-state index contributed by atoms with van der Waals surface area (Å²) in [5.74, 6) is 0.383. The zero-order valence-electron chi connectivity index (χ0n) is 12.6. The van der Waals surface area contributed by atoms with E-state index in [0.29, 0.717) is 12.5 Å². The maximum Gasteiger partial charge on any atom is 0.410 e. The third-order valence-electron chi connectivity index (χ3n) is 3.50. The van der Waals surface area contributed by atoms with Gasteiger partial charge >= 0.3 is 6.09 Å². The van der Waals surface area contributed by atoms with Gasteiger partial charge in [-0.2, -0.15) is 0 Å². The van der Waals surface area contributed by atoms with Gasteiger partial charge in [0.2, 0.25) is 0 Å². The Morgan fingerprint density at radius 1 is 1.45 bits per heavy atom. The number of ether oxygens (including phenoxy) is 1. The van der Waals surface area contributed by atoms with E-state index in [9.17, 15) is 4.79 Å². The minimum absolute atomic E-state index is 0.213. The second-order valence-electron chi connectivity index (χ2n) is 6.36. The fourth-order valence-electron chi connectivity index (χ4n) is 2.50. The molecule has 2 rings (SSSR count). The third kappa shape index (κ3) is 3.73. The lowest BCUT2D eigenvalue weighted by atomic mass is 9.97. The van der Waals surface area contributed by atoms with E-state index >= 15 is 0 Å². The molecule has 4 nitrogen and oxygen atoms in total. The van der Waals surface area contributed by atoms with Crippen molar-refractivity contribution in [2.75, 3.05) is 13.1 Å². The Bertz CT molecular complexity index is 480. The van der Waals surface area contributed by atoms with Crippen LogP contribution in [0.25, 0.3) is 0 Å². The van der Waals surface area contributed by atoms with E-state index < -0.39 is 5.60 Å². The highest BCUT2D eigenvalue weighted by Gasteiger charge is 2.30. The lowest BCUT2D eigenvalue weighted by Crippen LogP contribution is -2.35. The molecular weight excluding hydrogens is 252 g/mol. The first-order valence-electron chi connectivity index (χ1n) is 7.16. The van der Waals surface area contributed by atoms with E-state index in [1.54, 1.807) is 4.90 Å². The van der Waals surface area contributed by atoms with E-state index in [1.165, 1.54) is 5.56 Å². The molecule has 1 fully saturated rings. The van der Waals surface area contributed by atoms with Crippen LogP contribution in [0.5, 0.6) is 0 Å². The summed E-state index contributed by atoms with van der Waals surface area (Å²) >= 11 is 0. The fraction of sp³-hybridized carbons (Fsp3) is 0.562. The van der Waals surface area contributed by atoms with Crippen molar-refractivity contribution in [3.63, 3.8) is 0 Å². The number of carbonyl (C=O) groups is 1. The zero-order valence-corrected chi connectivity index (χ0v) is 12.6. The predicted molar refractivity (Wildman–Crippen MR) is 79.5 cm³/mol. The van der Waals surface area contributed by atoms with Crippen LogP contribution in [0.2, 0.25) is 0 Å². The summed E-state index contributed by atoms with van der Waals surface area (Å²) in [4.78, 5) is 13.8. The van der Waals surface area contributed by atoms with Gasteiger partial charge in [-0.15, -0.1) is 0 Å². The van der Waals surface area contributed by atoms with Gasteiger partial charge in [0, 0.05) is 25.6 Å². The lowest BCUT2D eigenvalue weighted by Gasteiger charge is -2.24. The monoisotopic (exact) mass is 276 g/mol. The molecule has 1 aromatic rings. The van der Waals surface area contributed by atoms with E-state index in [4.69, 9.17) is 10.5 Å². The normalized spacial score (nSPS) is 19.2. The highest BCUT2D eigenvalue weighted by Crippen LogP contribution is 2.28. The van der Waals surface area contributed by atoms with Gasteiger partial charge in [0.1, 0.15) is 5.60 Å². The molecule has 0 aliphatic carbocycles. The first-order chi connectivity index (χ1) is 9.39. The van der Waals surface area contributed by atoms with Crippen molar-refractivity contribution in [1.29, 1.82) is 0 Å². The summed E-state index contributed by atoms with van der Waals surface area (Å²) in [6.07, 6.45) is 0.766. The molecule has 1 aromatic carbocycles. The first-order valence-corrected chi connectivity index (χ1v) is 7.16. The molecule has 4 heteroatoms. The molecule has 0 aromatic heterocycles. The quantitative estimate of drug-likeness (QED) is 0.903. The number of amides is 1. The van der Waals surface area contributed by atoms with E-state index in [1.807, 2.05) is 32.9 Å². The van der Waals surface area contributed by atoms with Gasteiger partial charge in [-0.25, -0.2) is 4.79 Å². The predicted octanol–water partition coefficient (Wildman–Crippen LogP) is 2.87. The Labute approximate surface area is 120 Å². The average Bonchev–Trinajstić information content (AvgIpc) is 2.86. The Kier molecular flexibility index (Phi) is 4.33. The van der Waals surface area contributed by atoms with Gasteiger partial charge in [-0.05, 0) is 38.3 Å². The van der Waals surface area contributed by atoms with Crippen LogP contribution in [0, 0.1) is 0 Å². The van der Waals surface area contributed by atoms with Gasteiger partial charge < -0.3 is 15.4 Å². The molecule has 1 aliphatic heterocycles. The fourth-order valence-corrected chi connectivity index (χ4v) is 2.50. The molecular formula is C16H24N2O2. The number of rotatable bonds is 2. The molecule has 0 radical (unpaired) electrons. The van der Waals surface area contributed by atoms with Crippen LogP contribution >= 0.6 is 0 Å². The Balaban J connectivity index is 1.99. The maximum absolute atomic E-state index is 12.0. The number of likely N-dealkylation sites (tertiary alicyclic amines) is 1. The number of nitrogens with two attached hydrogens (primary N) is 1. The maximum atomic E-state index is 12.0. The Morgan fingerprint density at radius 2 is 2.20 bits per heavy atom. The number of benzene rings is 1. The molecule has 0 saturated carbocycles. The number of carbonyl (C=O) groups excluding carboxylic acids is 1. The van der Waals surface area contributed by atoms with Crippen LogP contribution in [0.4, 0.5) is 4.79 Å². The minimum atomic E-state index is -0.436. The standard InChI is InChI=1S/C16H24N2O2/c1-16(2,3)20-15(19)18-8-7-14(11-18)13-6-4-5-12(9-13)10-17/h4-6,9,14H,7-8,10-11,17H2,1-3H3. The van der Waals surface area contributed by atoms with Gasteiger partial charge in [0.25, 0.3) is 0 Å². The third-order valence-corrected chi connectivity index (χ3v) is 3.50. The van der Waals surface area contributed by atoms with Gasteiger partial charge in [-0.1, -0.05) is 24.3 Å². The van der Waals surface area contributed by atoms with Crippen LogP contribution in [0.3, 0.4) is 0 Å². The lowest BCUT2D eigenvalue weighted by molar-refractivity contribution is 0.0292. The second-order valence-corrected chi connectivity index (χ2v) is 6.36. The SMILES string of the molecule is CC(C)(C)OC(=O)N1CCC(c2cccc(CN)c2)C1. The summed E-state index contributed by atoms with van der Waals surface area (Å²) in [6.45, 7) is 7.71. The highest BCUT2D eigenvalue weighted by atomic mass is 16.6. The van der Waals surface area contributed by atoms with Crippen LogP contribution in [-0.2, 0) is 11.3 Å². The topological polar surface area (TPSA) is 55.6 Å². The molecule has 0 bridgehead atoms. The molecule has 1 atom stereocenters. The smallest absolute Gasteiger partial charge is 0.410 e. The first kappa shape index (κ1) is 14.9. The molecule has 20 heavy (non-hydrogen) atoms. The number of hydrogen-bond acceptors (Lipinski definition) is 3. The molecule has 1 unspecified atom stereocenters. The highest BCUT2D eigenvalue weighted by molar-refractivity contribution is 5.68. The summed E-state index contributed by atoms with van der Waals surface area (Å²) in [7, 11) is 0. The Morgan fingerprint density at radius 3 is 2.85 bits per heavy atom. The van der Waals surface area contributed by atoms with E-state index in [2.05, 4.69) is 12.1 Å². The van der Waals surface area contributed by atoms with Crippen LogP contribution in [0.1, 0.15) is 44.2 Å². The van der Waals surface area contributed by atoms with Gasteiger partial charge in [0.15, 0.2) is 0 Å². The number of nitrogens with zero attached hydrogens (tertiary/aromatic N) is 1. The van der Waals surface area contributed by atoms with Crippen LogP contribution in [0.15, 0.2) is 24.3 Å². The van der Waals surface area contributed by atoms with Crippen LogP contribution < -0.4 is 5.73 Å². The van der Waals surface area contributed by atoms with Gasteiger partial charge in [0.05, 0.1) is 0 Å². The molecule has 1 aliphatic rings. The largest absolute Gasteiger partial charge is 0.444 e. The van der Waals surface area contributed by atoms with Crippen LogP contribution in [-0.4, -0.2) is 29.7 Å². The summed E-state index contributed by atoms with van der Waals surface area (Å²) in [5.41, 5.74) is 7.64. The molecule has 1 heterocycles. The average molecular weight is 276 g/mol. The summed E-state index contributed by atoms with van der Waals surface area (Å²) in [5, 5.41) is 0. The van der Waals surface area contributed by atoms with E-state index in [0.717, 1.165) is 25.1 Å². The zero-order chi connectivity index (χ0) is 14.8. The minimum Gasteiger partial charge on any atom is -0.444 e. The van der Waals surface area contributed by atoms with Gasteiger partial charge in [-0.3, -0.25) is 0 Å². The van der Waals surface area contributed by atoms with E-state index in [-0.39, 0.29) is 6.09 Å². The summed E-state index contributed by atoms with van der Waals surface area (Å²) in [6, 6.07) is 8.32. The Hall–Kier alpha value is -1.55. The van der Waals surface area contributed by atoms with Crippen molar-refractivity contribution >= 4 is 6.09 Å². The summed E-state index contributed by atoms with van der Waals surface area (Å²) < 4.78 is 5.42. The second kappa shape index (κ2) is 5.83. The van der Waals surface area contributed by atoms with Crippen molar-refractivity contribution < 1.29 is 9.53 Å². The van der Waals surface area contributed by atoms with Crippen molar-refractivity contribution in [3.8, 4) is 0 Å². The molecule has 2 N–H and O–H groups in total. The molecule has 1 amide bonds. The molecule has 1 saturated heterocycles. The van der Waals surface area contributed by atoms with Crippen molar-refractivity contribution in [3.05, 3.63) is 35.4 Å². The molecule has 110 valence electrons. The van der Waals surface area contributed by atoms with Crippen molar-refractivity contribution in [1.82, 2.24) is 4.90 Å². The number of hydrogen-bond donors (Lipinski definition) is 1. The molecule has 0 spiro atoms.